The third-order valence-corrected chi connectivity index (χ3v) is 6.02. The van der Waals surface area contributed by atoms with E-state index in [0.717, 1.165) is 6.42 Å². The second-order valence-electron chi connectivity index (χ2n) is 9.22. The lowest BCUT2D eigenvalue weighted by Gasteiger charge is -2.18. The van der Waals surface area contributed by atoms with Gasteiger partial charge in [-0.1, -0.05) is 38.1 Å². The number of hydrogen-bond acceptors (Lipinski definition) is 6. The van der Waals surface area contributed by atoms with E-state index in [1.807, 2.05) is 27.7 Å². The summed E-state index contributed by atoms with van der Waals surface area (Å²) in [6.45, 7) is 9.74. The summed E-state index contributed by atoms with van der Waals surface area (Å²) in [6, 6.07) is 0. The number of carbonyl (C=O) groups excluding carboxylic acids is 2. The predicted molar refractivity (Wildman–Crippen MR) is 126 cm³/mol. The van der Waals surface area contributed by atoms with Crippen LogP contribution in [0, 0.1) is 23.7 Å². The van der Waals surface area contributed by atoms with E-state index in [9.17, 15) is 9.59 Å². The number of hydrogen-bond donors (Lipinski definition) is 2. The Hall–Kier alpha value is -1.98. The highest BCUT2D eigenvalue weighted by Crippen LogP contribution is 2.52. The third kappa shape index (κ3) is 4.63. The molecule has 2 N–H and O–H groups in total. The van der Waals surface area contributed by atoms with Crippen molar-refractivity contribution in [2.75, 3.05) is 19.6 Å². The lowest BCUT2D eigenvalue weighted by molar-refractivity contribution is -0.140. The Morgan fingerprint density at radius 2 is 1.84 bits per heavy atom. The molecule has 2 heterocycles. The van der Waals surface area contributed by atoms with Crippen molar-refractivity contribution >= 4 is 41.8 Å². The molecule has 1 aromatic heterocycles. The molecule has 1 aliphatic heterocycles. The van der Waals surface area contributed by atoms with Gasteiger partial charge in [-0.3, -0.25) is 14.5 Å². The van der Waals surface area contributed by atoms with Gasteiger partial charge in [0.1, 0.15) is 6.54 Å². The zero-order chi connectivity index (χ0) is 21.5. The number of carbonyl (C=O) groups is 2. The van der Waals surface area contributed by atoms with E-state index < -0.39 is 0 Å². The van der Waals surface area contributed by atoms with Crippen LogP contribution in [0.1, 0.15) is 45.8 Å². The highest BCUT2D eigenvalue weighted by atomic mass is 127. The summed E-state index contributed by atoms with van der Waals surface area (Å²) in [5.41, 5.74) is -0.209. The molecule has 2 bridgehead atoms. The molecule has 4 atom stereocenters. The SMILES string of the molecule is CCNC(=NCc1noc(C(C)(C)C)n1)NCCN1C(=O)C2C3C=CC(C3)C2C1=O.I. The van der Waals surface area contributed by atoms with E-state index in [0.29, 0.717) is 37.3 Å². The van der Waals surface area contributed by atoms with Crippen molar-refractivity contribution in [3.8, 4) is 0 Å². The Labute approximate surface area is 199 Å². The van der Waals surface area contributed by atoms with Crippen molar-refractivity contribution in [3.05, 3.63) is 23.9 Å². The van der Waals surface area contributed by atoms with Gasteiger partial charge in [0.25, 0.3) is 0 Å². The van der Waals surface area contributed by atoms with Crippen molar-refractivity contribution in [2.24, 2.45) is 28.7 Å². The Morgan fingerprint density at radius 1 is 1.19 bits per heavy atom. The third-order valence-electron chi connectivity index (χ3n) is 6.02. The van der Waals surface area contributed by atoms with Crippen LogP contribution in [-0.2, 0) is 21.5 Å². The smallest absolute Gasteiger partial charge is 0.233 e. The molecule has 4 unspecified atom stereocenters. The quantitative estimate of drug-likeness (QED) is 0.186. The number of nitrogens with zero attached hydrogens (tertiary/aromatic N) is 4. The molecule has 0 radical (unpaired) electrons. The van der Waals surface area contributed by atoms with Gasteiger partial charge in [-0.05, 0) is 25.2 Å². The highest BCUT2D eigenvalue weighted by molar-refractivity contribution is 14.0. The Balaban J connectivity index is 0.00000272. The molecule has 2 amide bonds. The molecule has 31 heavy (non-hydrogen) atoms. The van der Waals surface area contributed by atoms with Crippen LogP contribution in [0.3, 0.4) is 0 Å². The van der Waals surface area contributed by atoms with Crippen LogP contribution in [0.2, 0.25) is 0 Å². The number of imide groups is 1. The summed E-state index contributed by atoms with van der Waals surface area (Å²) in [5.74, 6) is 1.81. The standard InChI is InChI=1S/C21H30N6O3.HI/c1-5-22-20(24-11-14-25-19(30-26-14)21(2,3)4)23-8-9-27-17(28)15-12-6-7-13(10-12)16(15)18(27)29;/h6-7,12-13,15-16H,5,8-11H2,1-4H3,(H2,22,23,24);1H. The number of halogens is 1. The number of guanidine groups is 1. The summed E-state index contributed by atoms with van der Waals surface area (Å²) in [6.07, 6.45) is 5.17. The lowest BCUT2D eigenvalue weighted by Crippen LogP contribution is -2.43. The van der Waals surface area contributed by atoms with Crippen molar-refractivity contribution in [3.63, 3.8) is 0 Å². The van der Waals surface area contributed by atoms with E-state index in [1.165, 1.54) is 4.90 Å². The maximum absolute atomic E-state index is 12.8. The van der Waals surface area contributed by atoms with E-state index in [2.05, 4.69) is 37.9 Å². The summed E-state index contributed by atoms with van der Waals surface area (Å²) in [5, 5.41) is 10.3. The summed E-state index contributed by atoms with van der Waals surface area (Å²) in [4.78, 5) is 35.8. The summed E-state index contributed by atoms with van der Waals surface area (Å²) in [7, 11) is 0. The molecule has 9 nitrogen and oxygen atoms in total. The zero-order valence-corrected chi connectivity index (χ0v) is 20.8. The molecule has 4 rings (SSSR count). The minimum atomic E-state index is -0.209. The number of nitrogens with one attached hydrogen (secondary N) is 2. The number of aliphatic imine (C=N–C) groups is 1. The molecular weight excluding hydrogens is 511 g/mol. The van der Waals surface area contributed by atoms with Gasteiger partial charge >= 0.3 is 0 Å². The summed E-state index contributed by atoms with van der Waals surface area (Å²) < 4.78 is 5.29. The van der Waals surface area contributed by atoms with E-state index in [4.69, 9.17) is 4.52 Å². The molecule has 0 aromatic carbocycles. The molecule has 10 heteroatoms. The first kappa shape index (κ1) is 23.7. The topological polar surface area (TPSA) is 113 Å². The minimum Gasteiger partial charge on any atom is -0.357 e. The maximum Gasteiger partial charge on any atom is 0.233 e. The van der Waals surface area contributed by atoms with Crippen molar-refractivity contribution in [1.82, 2.24) is 25.7 Å². The number of likely N-dealkylation sites (tertiary alicyclic amines) is 1. The van der Waals surface area contributed by atoms with Gasteiger partial charge in [0.05, 0.1) is 11.8 Å². The van der Waals surface area contributed by atoms with E-state index >= 15 is 0 Å². The van der Waals surface area contributed by atoms with Gasteiger partial charge in [-0.2, -0.15) is 4.98 Å². The van der Waals surface area contributed by atoms with Crippen molar-refractivity contribution in [1.29, 1.82) is 0 Å². The number of allylic oxidation sites excluding steroid dienone is 2. The zero-order valence-electron chi connectivity index (χ0n) is 18.4. The average Bonchev–Trinajstić information content (AvgIpc) is 3.45. The predicted octanol–water partition coefficient (Wildman–Crippen LogP) is 1.85. The van der Waals surface area contributed by atoms with Gasteiger partial charge in [0.2, 0.25) is 17.7 Å². The molecule has 170 valence electrons. The fourth-order valence-electron chi connectivity index (χ4n) is 4.58. The Morgan fingerprint density at radius 3 is 2.39 bits per heavy atom. The van der Waals surface area contributed by atoms with Crippen LogP contribution >= 0.6 is 24.0 Å². The molecule has 2 aliphatic carbocycles. The van der Waals surface area contributed by atoms with Crippen LogP contribution < -0.4 is 10.6 Å². The van der Waals surface area contributed by atoms with Crippen LogP contribution in [0.15, 0.2) is 21.7 Å². The van der Waals surface area contributed by atoms with E-state index in [-0.39, 0.29) is 71.4 Å². The van der Waals surface area contributed by atoms with Gasteiger partial charge < -0.3 is 15.2 Å². The monoisotopic (exact) mass is 542 g/mol. The normalized spacial score (nSPS) is 27.0. The molecule has 2 fully saturated rings. The molecule has 1 saturated carbocycles. The average molecular weight is 542 g/mol. The molecule has 0 spiro atoms. The highest BCUT2D eigenvalue weighted by Gasteiger charge is 2.58. The van der Waals surface area contributed by atoms with Crippen molar-refractivity contribution < 1.29 is 14.1 Å². The first-order chi connectivity index (χ1) is 14.3. The summed E-state index contributed by atoms with van der Waals surface area (Å²) >= 11 is 0. The number of aromatic nitrogens is 2. The number of rotatable bonds is 6. The molecule has 1 saturated heterocycles. The lowest BCUT2D eigenvalue weighted by atomic mass is 9.85. The number of fused-ring (bicyclic) bond motifs is 5. The molecular formula is C21H31IN6O3. The van der Waals surface area contributed by atoms with Gasteiger partial charge in [-0.15, -0.1) is 24.0 Å². The molecule has 1 aromatic rings. The fourth-order valence-corrected chi connectivity index (χ4v) is 4.58. The second kappa shape index (κ2) is 9.25. The van der Waals surface area contributed by atoms with E-state index in [1.54, 1.807) is 0 Å². The molecule has 3 aliphatic rings. The van der Waals surface area contributed by atoms with Crippen molar-refractivity contribution in [2.45, 2.75) is 46.1 Å². The largest absolute Gasteiger partial charge is 0.357 e. The first-order valence-corrected chi connectivity index (χ1v) is 10.7. The van der Waals surface area contributed by atoms with Crippen LogP contribution in [0.4, 0.5) is 0 Å². The number of amides is 2. The second-order valence-corrected chi connectivity index (χ2v) is 9.22. The van der Waals surface area contributed by atoms with Crippen LogP contribution in [-0.4, -0.2) is 52.4 Å². The first-order valence-electron chi connectivity index (χ1n) is 10.7. The van der Waals surface area contributed by atoms with Gasteiger partial charge in [-0.25, -0.2) is 4.99 Å². The Bertz CT molecular complexity index is 860. The van der Waals surface area contributed by atoms with Gasteiger partial charge in [0, 0.05) is 25.0 Å². The fraction of sp³-hybridized carbons (Fsp3) is 0.667. The van der Waals surface area contributed by atoms with Crippen LogP contribution in [0.5, 0.6) is 0 Å². The minimum absolute atomic E-state index is 0. The Kier molecular flexibility index (Phi) is 7.07. The maximum atomic E-state index is 12.8. The van der Waals surface area contributed by atoms with Gasteiger partial charge in [0.15, 0.2) is 11.8 Å². The van der Waals surface area contributed by atoms with Crippen LogP contribution in [0.25, 0.3) is 0 Å².